The monoisotopic (exact) mass is 269 g/mol. The Kier molecular flexibility index (Phi) is 3.98. The van der Waals surface area contributed by atoms with Gasteiger partial charge >= 0.3 is 0 Å². The largest absolute Gasteiger partial charge is 0.323 e. The van der Waals surface area contributed by atoms with E-state index in [2.05, 4.69) is 5.10 Å². The Hall–Kier alpha value is -1.40. The van der Waals surface area contributed by atoms with Crippen LogP contribution in [0, 0.1) is 11.6 Å². The van der Waals surface area contributed by atoms with E-state index in [-0.39, 0.29) is 6.04 Å². The van der Waals surface area contributed by atoms with Crippen LogP contribution in [0.3, 0.4) is 0 Å². The summed E-state index contributed by atoms with van der Waals surface area (Å²) >= 11 is 1.53. The molecule has 0 saturated carbocycles. The van der Waals surface area contributed by atoms with Gasteiger partial charge in [0.2, 0.25) is 0 Å². The average Bonchev–Trinajstić information content (AvgIpc) is 2.75. The van der Waals surface area contributed by atoms with Gasteiger partial charge in [0.1, 0.15) is 0 Å². The Morgan fingerprint density at radius 2 is 2.17 bits per heavy atom. The first-order valence-electron chi connectivity index (χ1n) is 5.38. The lowest BCUT2D eigenvalue weighted by molar-refractivity contribution is 0.506. The number of nitrogens with zero attached hydrogens (tertiary/aromatic N) is 2. The molecule has 0 amide bonds. The van der Waals surface area contributed by atoms with E-state index >= 15 is 0 Å². The molecule has 0 saturated heterocycles. The first-order chi connectivity index (χ1) is 8.56. The average molecular weight is 269 g/mol. The van der Waals surface area contributed by atoms with Crippen molar-refractivity contribution < 1.29 is 8.78 Å². The lowest BCUT2D eigenvalue weighted by atomic mass is 10.1. The Morgan fingerprint density at radius 1 is 1.39 bits per heavy atom. The summed E-state index contributed by atoms with van der Waals surface area (Å²) in [7, 11) is 1.83. The molecule has 0 radical (unpaired) electrons. The smallest absolute Gasteiger partial charge is 0.159 e. The summed E-state index contributed by atoms with van der Waals surface area (Å²) in [5.41, 5.74) is 6.52. The second-order valence-electron chi connectivity index (χ2n) is 3.94. The molecule has 0 aliphatic carbocycles. The number of halogens is 2. The van der Waals surface area contributed by atoms with Crippen LogP contribution in [0.5, 0.6) is 0 Å². The highest BCUT2D eigenvalue weighted by Gasteiger charge is 2.10. The highest BCUT2D eigenvalue weighted by molar-refractivity contribution is 7.99. The van der Waals surface area contributed by atoms with E-state index in [1.165, 1.54) is 17.8 Å². The van der Waals surface area contributed by atoms with Gasteiger partial charge in [-0.25, -0.2) is 8.78 Å². The molecule has 1 aromatic heterocycles. The quantitative estimate of drug-likeness (QED) is 0.867. The van der Waals surface area contributed by atoms with Crippen LogP contribution in [-0.2, 0) is 7.05 Å². The van der Waals surface area contributed by atoms with E-state index in [1.807, 2.05) is 13.2 Å². The van der Waals surface area contributed by atoms with Crippen molar-refractivity contribution in [3.63, 3.8) is 0 Å². The van der Waals surface area contributed by atoms with Crippen LogP contribution in [0.2, 0.25) is 0 Å². The Labute approximate surface area is 108 Å². The third-order valence-electron chi connectivity index (χ3n) is 2.48. The molecule has 2 rings (SSSR count). The predicted molar refractivity (Wildman–Crippen MR) is 67.2 cm³/mol. The number of rotatable bonds is 4. The molecular formula is C12H13F2N3S. The van der Waals surface area contributed by atoms with E-state index in [9.17, 15) is 8.78 Å². The maximum absolute atomic E-state index is 13.1. The van der Waals surface area contributed by atoms with Crippen molar-refractivity contribution >= 4 is 11.8 Å². The van der Waals surface area contributed by atoms with Crippen molar-refractivity contribution in [3.05, 3.63) is 47.8 Å². The fourth-order valence-electron chi connectivity index (χ4n) is 1.50. The maximum Gasteiger partial charge on any atom is 0.159 e. The maximum atomic E-state index is 13.1. The molecule has 0 bridgehead atoms. The number of hydrogen-bond acceptors (Lipinski definition) is 3. The number of thioether (sulfide) groups is 1. The number of benzene rings is 1. The second kappa shape index (κ2) is 5.49. The molecule has 0 aliphatic rings. The molecule has 6 heteroatoms. The van der Waals surface area contributed by atoms with Crippen LogP contribution < -0.4 is 5.73 Å². The molecule has 0 aliphatic heterocycles. The van der Waals surface area contributed by atoms with Crippen molar-refractivity contribution in [3.8, 4) is 0 Å². The third kappa shape index (κ3) is 3.08. The van der Waals surface area contributed by atoms with Crippen molar-refractivity contribution in [2.75, 3.05) is 5.75 Å². The number of aromatic nitrogens is 2. The van der Waals surface area contributed by atoms with Crippen LogP contribution >= 0.6 is 11.8 Å². The third-order valence-corrected chi connectivity index (χ3v) is 3.55. The van der Waals surface area contributed by atoms with E-state index in [0.29, 0.717) is 11.3 Å². The van der Waals surface area contributed by atoms with Gasteiger partial charge in [0, 0.05) is 29.9 Å². The lowest BCUT2D eigenvalue weighted by Crippen LogP contribution is -2.13. The van der Waals surface area contributed by atoms with Crippen LogP contribution in [-0.4, -0.2) is 15.5 Å². The minimum absolute atomic E-state index is 0.342. The minimum Gasteiger partial charge on any atom is -0.323 e. The standard InChI is InChI=1S/C12H13F2N3S/c1-17-6-9(5-16-17)18-7-12(15)8-2-3-10(13)11(14)4-8/h2-6,12H,7,15H2,1H3. The lowest BCUT2D eigenvalue weighted by Gasteiger charge is -2.11. The van der Waals surface area contributed by atoms with Crippen LogP contribution in [0.15, 0.2) is 35.5 Å². The zero-order valence-electron chi connectivity index (χ0n) is 9.81. The molecule has 0 spiro atoms. The van der Waals surface area contributed by atoms with Gasteiger partial charge in [-0.2, -0.15) is 5.10 Å². The number of hydrogen-bond donors (Lipinski definition) is 1. The van der Waals surface area contributed by atoms with Gasteiger partial charge in [-0.05, 0) is 17.7 Å². The predicted octanol–water partition coefficient (Wildman–Crippen LogP) is 2.49. The summed E-state index contributed by atoms with van der Waals surface area (Å²) in [4.78, 5) is 0.996. The highest BCUT2D eigenvalue weighted by atomic mass is 32.2. The molecule has 18 heavy (non-hydrogen) atoms. The molecule has 96 valence electrons. The van der Waals surface area contributed by atoms with Crippen LogP contribution in [0.1, 0.15) is 11.6 Å². The first-order valence-corrected chi connectivity index (χ1v) is 6.37. The first kappa shape index (κ1) is 13.0. The van der Waals surface area contributed by atoms with Crippen molar-refractivity contribution in [2.45, 2.75) is 10.9 Å². The van der Waals surface area contributed by atoms with Crippen LogP contribution in [0.4, 0.5) is 8.78 Å². The Bertz CT molecular complexity index is 542. The van der Waals surface area contributed by atoms with E-state index in [1.54, 1.807) is 10.9 Å². The molecule has 3 nitrogen and oxygen atoms in total. The summed E-state index contributed by atoms with van der Waals surface area (Å²) in [6.45, 7) is 0. The molecular weight excluding hydrogens is 256 g/mol. The summed E-state index contributed by atoms with van der Waals surface area (Å²) in [6.07, 6.45) is 3.62. The Balaban J connectivity index is 1.99. The highest BCUT2D eigenvalue weighted by Crippen LogP contribution is 2.23. The molecule has 2 N–H and O–H groups in total. The van der Waals surface area contributed by atoms with Gasteiger partial charge in [0.15, 0.2) is 11.6 Å². The zero-order valence-corrected chi connectivity index (χ0v) is 10.6. The van der Waals surface area contributed by atoms with Crippen LogP contribution in [0.25, 0.3) is 0 Å². The molecule has 1 atom stereocenters. The summed E-state index contributed by atoms with van der Waals surface area (Å²) in [5, 5.41) is 4.04. The van der Waals surface area contributed by atoms with Gasteiger partial charge in [0.05, 0.1) is 6.20 Å². The molecule has 0 fully saturated rings. The Morgan fingerprint density at radius 3 is 2.78 bits per heavy atom. The fraction of sp³-hybridized carbons (Fsp3) is 0.250. The van der Waals surface area contributed by atoms with Gasteiger partial charge in [-0.1, -0.05) is 6.07 Å². The number of aryl methyl sites for hydroxylation is 1. The molecule has 1 aromatic carbocycles. The topological polar surface area (TPSA) is 43.8 Å². The molecule has 2 aromatic rings. The van der Waals surface area contributed by atoms with Gasteiger partial charge < -0.3 is 5.73 Å². The normalized spacial score (nSPS) is 12.7. The van der Waals surface area contributed by atoms with E-state index in [0.717, 1.165) is 17.0 Å². The summed E-state index contributed by atoms with van der Waals surface area (Å²) < 4.78 is 27.5. The van der Waals surface area contributed by atoms with Gasteiger partial charge in [0.25, 0.3) is 0 Å². The molecule has 1 heterocycles. The summed E-state index contributed by atoms with van der Waals surface area (Å²) in [5.74, 6) is -1.14. The van der Waals surface area contributed by atoms with Gasteiger partial charge in [-0.3, -0.25) is 4.68 Å². The molecule has 1 unspecified atom stereocenters. The minimum atomic E-state index is -0.866. The zero-order chi connectivity index (χ0) is 13.1. The van der Waals surface area contributed by atoms with Gasteiger partial charge in [-0.15, -0.1) is 11.8 Å². The number of nitrogens with two attached hydrogens (primary N) is 1. The van der Waals surface area contributed by atoms with Crippen molar-refractivity contribution in [1.29, 1.82) is 0 Å². The second-order valence-corrected chi connectivity index (χ2v) is 5.03. The SMILES string of the molecule is Cn1cc(SCC(N)c2ccc(F)c(F)c2)cn1. The van der Waals surface area contributed by atoms with E-state index in [4.69, 9.17) is 5.73 Å². The summed E-state index contributed by atoms with van der Waals surface area (Å²) in [6, 6.07) is 3.40. The van der Waals surface area contributed by atoms with Crippen molar-refractivity contribution in [1.82, 2.24) is 9.78 Å². The van der Waals surface area contributed by atoms with Crippen molar-refractivity contribution in [2.24, 2.45) is 12.8 Å². The fourth-order valence-corrected chi connectivity index (χ4v) is 2.41. The van der Waals surface area contributed by atoms with E-state index < -0.39 is 11.6 Å².